The Morgan fingerprint density at radius 3 is 2.33 bits per heavy atom. The number of pyridine rings is 1. The molecule has 0 aliphatic rings. The van der Waals surface area contributed by atoms with E-state index in [0.717, 1.165) is 5.69 Å². The van der Waals surface area contributed by atoms with Crippen LogP contribution in [-0.2, 0) is 6.54 Å². The summed E-state index contributed by atoms with van der Waals surface area (Å²) in [5.74, 6) is 0.951. The van der Waals surface area contributed by atoms with Gasteiger partial charge < -0.3 is 14.8 Å². The molecule has 1 heterocycles. The third-order valence-corrected chi connectivity index (χ3v) is 2.77. The van der Waals surface area contributed by atoms with Gasteiger partial charge in [-0.05, 0) is 24.3 Å². The second-order valence-electron chi connectivity index (χ2n) is 4.11. The molecule has 5 nitrogen and oxygen atoms in total. The topological polar surface area (TPSA) is 60.5 Å². The molecule has 1 amide bonds. The molecule has 0 aliphatic carbocycles. The molecule has 0 aliphatic heterocycles. The molecule has 2 aromatic rings. The Morgan fingerprint density at radius 1 is 1.14 bits per heavy atom. The van der Waals surface area contributed by atoms with Crippen LogP contribution in [0, 0.1) is 0 Å². The fourth-order valence-electron chi connectivity index (χ4n) is 1.71. The first kappa shape index (κ1) is 16.8. The molecule has 1 N–H and O–H groups in total. The normalized spacial score (nSPS) is 9.43. The van der Waals surface area contributed by atoms with Crippen LogP contribution < -0.4 is 14.8 Å². The van der Waals surface area contributed by atoms with Crippen molar-refractivity contribution in [3.05, 3.63) is 53.9 Å². The molecule has 0 saturated carbocycles. The summed E-state index contributed by atoms with van der Waals surface area (Å²) in [6.07, 6.45) is 1.69. The summed E-state index contributed by atoms with van der Waals surface area (Å²) < 4.78 is 10.3. The first-order chi connectivity index (χ1) is 9.72. The van der Waals surface area contributed by atoms with Crippen molar-refractivity contribution < 1.29 is 14.3 Å². The zero-order chi connectivity index (χ0) is 14.4. The predicted octanol–water partition coefficient (Wildman–Crippen LogP) is 2.45. The van der Waals surface area contributed by atoms with Crippen molar-refractivity contribution in [3.63, 3.8) is 0 Å². The number of nitrogens with one attached hydrogen (secondary N) is 1. The van der Waals surface area contributed by atoms with Crippen molar-refractivity contribution in [2.75, 3.05) is 14.2 Å². The number of carbonyl (C=O) groups is 1. The van der Waals surface area contributed by atoms with Gasteiger partial charge in [-0.2, -0.15) is 0 Å². The van der Waals surface area contributed by atoms with Gasteiger partial charge in [0, 0.05) is 17.8 Å². The second-order valence-corrected chi connectivity index (χ2v) is 4.11. The monoisotopic (exact) mass is 308 g/mol. The number of hydrogen-bond donors (Lipinski definition) is 1. The maximum absolute atomic E-state index is 12.1. The van der Waals surface area contributed by atoms with Gasteiger partial charge in [-0.15, -0.1) is 12.4 Å². The summed E-state index contributed by atoms with van der Waals surface area (Å²) >= 11 is 0. The molecule has 0 atom stereocenters. The van der Waals surface area contributed by atoms with E-state index in [-0.39, 0.29) is 18.3 Å². The quantitative estimate of drug-likeness (QED) is 0.921. The Hall–Kier alpha value is -2.27. The minimum atomic E-state index is -0.201. The van der Waals surface area contributed by atoms with Gasteiger partial charge in [0.25, 0.3) is 5.91 Å². The molecule has 0 unspecified atom stereocenters. The Labute approximate surface area is 129 Å². The third-order valence-electron chi connectivity index (χ3n) is 2.77. The maximum Gasteiger partial charge on any atom is 0.251 e. The van der Waals surface area contributed by atoms with E-state index in [1.807, 2.05) is 18.2 Å². The summed E-state index contributed by atoms with van der Waals surface area (Å²) in [5, 5.41) is 2.81. The lowest BCUT2D eigenvalue weighted by Gasteiger charge is -2.09. The molecule has 0 fully saturated rings. The highest BCUT2D eigenvalue weighted by Crippen LogP contribution is 2.22. The first-order valence-electron chi connectivity index (χ1n) is 6.14. The smallest absolute Gasteiger partial charge is 0.251 e. The summed E-state index contributed by atoms with van der Waals surface area (Å²) in [6, 6.07) is 10.6. The van der Waals surface area contributed by atoms with Crippen LogP contribution in [0.5, 0.6) is 11.5 Å². The summed E-state index contributed by atoms with van der Waals surface area (Å²) in [4.78, 5) is 16.3. The van der Waals surface area contributed by atoms with Crippen LogP contribution in [0.4, 0.5) is 0 Å². The lowest BCUT2D eigenvalue weighted by Crippen LogP contribution is -2.23. The number of amides is 1. The highest BCUT2D eigenvalue weighted by molar-refractivity contribution is 5.95. The highest BCUT2D eigenvalue weighted by atomic mass is 35.5. The second kappa shape index (κ2) is 8.11. The van der Waals surface area contributed by atoms with E-state index in [9.17, 15) is 4.79 Å². The third kappa shape index (κ3) is 4.65. The fourth-order valence-corrected chi connectivity index (χ4v) is 1.71. The lowest BCUT2D eigenvalue weighted by atomic mass is 10.2. The first-order valence-corrected chi connectivity index (χ1v) is 6.14. The van der Waals surface area contributed by atoms with Gasteiger partial charge in [-0.3, -0.25) is 9.78 Å². The number of rotatable bonds is 5. The number of nitrogens with zero attached hydrogens (tertiary/aromatic N) is 1. The van der Waals surface area contributed by atoms with Crippen LogP contribution in [0.1, 0.15) is 16.1 Å². The predicted molar refractivity (Wildman–Crippen MR) is 82.2 cm³/mol. The Morgan fingerprint density at radius 2 is 1.81 bits per heavy atom. The van der Waals surface area contributed by atoms with Crippen LogP contribution in [0.2, 0.25) is 0 Å². The van der Waals surface area contributed by atoms with Gasteiger partial charge in [-0.25, -0.2) is 0 Å². The van der Waals surface area contributed by atoms with E-state index < -0.39 is 0 Å². The van der Waals surface area contributed by atoms with Gasteiger partial charge in [0.1, 0.15) is 11.5 Å². The molecule has 21 heavy (non-hydrogen) atoms. The highest BCUT2D eigenvalue weighted by Gasteiger charge is 2.09. The van der Waals surface area contributed by atoms with Crippen molar-refractivity contribution in [2.24, 2.45) is 0 Å². The number of benzene rings is 1. The average Bonchev–Trinajstić information content (AvgIpc) is 2.52. The molecule has 1 aromatic heterocycles. The molecule has 0 saturated heterocycles. The van der Waals surface area contributed by atoms with Crippen molar-refractivity contribution in [1.82, 2.24) is 10.3 Å². The van der Waals surface area contributed by atoms with Crippen molar-refractivity contribution in [3.8, 4) is 11.5 Å². The van der Waals surface area contributed by atoms with Gasteiger partial charge >= 0.3 is 0 Å². The molecular formula is C15H17ClN2O3. The van der Waals surface area contributed by atoms with Crippen molar-refractivity contribution >= 4 is 18.3 Å². The van der Waals surface area contributed by atoms with Crippen LogP contribution in [-0.4, -0.2) is 25.1 Å². The van der Waals surface area contributed by atoms with Crippen molar-refractivity contribution in [1.29, 1.82) is 0 Å². The van der Waals surface area contributed by atoms with Crippen LogP contribution in [0.3, 0.4) is 0 Å². The summed E-state index contributed by atoms with van der Waals surface area (Å²) in [6.45, 7) is 0.374. The Kier molecular flexibility index (Phi) is 6.49. The number of aromatic nitrogens is 1. The maximum atomic E-state index is 12.1. The largest absolute Gasteiger partial charge is 0.497 e. The van der Waals surface area contributed by atoms with Crippen LogP contribution in [0.15, 0.2) is 42.6 Å². The average molecular weight is 309 g/mol. The number of carbonyl (C=O) groups excluding carboxylic acids is 1. The number of methoxy groups -OCH3 is 2. The minimum Gasteiger partial charge on any atom is -0.497 e. The van der Waals surface area contributed by atoms with Gasteiger partial charge in [0.2, 0.25) is 0 Å². The standard InChI is InChI=1S/C15H16N2O3.ClH/c1-19-13-7-11(8-14(9-13)20-2)15(18)17-10-12-5-3-4-6-16-12;/h3-9H,10H2,1-2H3,(H,17,18);1H. The Bertz CT molecular complexity index is 568. The molecule has 112 valence electrons. The summed E-state index contributed by atoms with van der Waals surface area (Å²) in [5.41, 5.74) is 1.29. The molecule has 2 rings (SSSR count). The van der Waals surface area contributed by atoms with Gasteiger partial charge in [0.15, 0.2) is 0 Å². The number of halogens is 1. The Balaban J connectivity index is 0.00000220. The molecule has 0 spiro atoms. The number of hydrogen-bond acceptors (Lipinski definition) is 4. The number of ether oxygens (including phenoxy) is 2. The molecule has 6 heteroatoms. The zero-order valence-corrected chi connectivity index (χ0v) is 12.6. The lowest BCUT2D eigenvalue weighted by molar-refractivity contribution is 0.0949. The molecular weight excluding hydrogens is 292 g/mol. The van der Waals surface area contributed by atoms with Crippen LogP contribution >= 0.6 is 12.4 Å². The summed E-state index contributed by atoms with van der Waals surface area (Å²) in [7, 11) is 3.09. The van der Waals surface area contributed by atoms with Crippen LogP contribution in [0.25, 0.3) is 0 Å². The van der Waals surface area contributed by atoms with E-state index in [4.69, 9.17) is 9.47 Å². The van der Waals surface area contributed by atoms with Gasteiger partial charge in [0.05, 0.1) is 26.5 Å². The molecule has 1 aromatic carbocycles. The van der Waals surface area contributed by atoms with E-state index in [1.54, 1.807) is 38.6 Å². The van der Waals surface area contributed by atoms with E-state index >= 15 is 0 Å². The SMILES string of the molecule is COc1cc(OC)cc(C(=O)NCc2ccccn2)c1.Cl. The van der Waals surface area contributed by atoms with Gasteiger partial charge in [-0.1, -0.05) is 6.07 Å². The van der Waals surface area contributed by atoms with E-state index in [1.165, 1.54) is 0 Å². The van der Waals surface area contributed by atoms with E-state index in [0.29, 0.717) is 23.6 Å². The molecule has 0 radical (unpaired) electrons. The zero-order valence-electron chi connectivity index (χ0n) is 11.8. The minimum absolute atomic E-state index is 0. The van der Waals surface area contributed by atoms with Crippen molar-refractivity contribution in [2.45, 2.75) is 6.54 Å². The molecule has 0 bridgehead atoms. The fraction of sp³-hybridized carbons (Fsp3) is 0.200. The van der Waals surface area contributed by atoms with E-state index in [2.05, 4.69) is 10.3 Å².